The number of carbonyl (C=O) groups is 1. The van der Waals surface area contributed by atoms with Gasteiger partial charge in [0, 0.05) is 12.5 Å². The highest BCUT2D eigenvalue weighted by atomic mass is 19.1. The van der Waals surface area contributed by atoms with Crippen molar-refractivity contribution >= 4 is 23.4 Å². The third-order valence-corrected chi connectivity index (χ3v) is 6.60. The van der Waals surface area contributed by atoms with Gasteiger partial charge in [0.15, 0.2) is 0 Å². The average Bonchev–Trinajstić information content (AvgIpc) is 3.49. The van der Waals surface area contributed by atoms with Crippen LogP contribution in [0.15, 0.2) is 65.4 Å². The van der Waals surface area contributed by atoms with E-state index in [2.05, 4.69) is 10.2 Å². The Morgan fingerprint density at radius 3 is 2.44 bits per heavy atom. The Kier molecular flexibility index (Phi) is 6.17. The van der Waals surface area contributed by atoms with Crippen molar-refractivity contribution in [2.24, 2.45) is 11.0 Å². The number of halogens is 2. The fourth-order valence-corrected chi connectivity index (χ4v) is 4.89. The summed E-state index contributed by atoms with van der Waals surface area (Å²) in [7, 11) is 0. The van der Waals surface area contributed by atoms with Crippen LogP contribution in [0.3, 0.4) is 0 Å². The van der Waals surface area contributed by atoms with Crippen LogP contribution in [0.5, 0.6) is 0 Å². The van der Waals surface area contributed by atoms with Crippen LogP contribution in [-0.4, -0.2) is 31.3 Å². The van der Waals surface area contributed by atoms with E-state index in [0.717, 1.165) is 30.4 Å². The normalized spacial score (nSPS) is 20.4. The highest BCUT2D eigenvalue weighted by Crippen LogP contribution is 2.45. The van der Waals surface area contributed by atoms with Crippen LogP contribution in [-0.2, 0) is 6.54 Å². The number of allylic oxidation sites excluding steroid dienone is 1. The molecule has 2 atom stereocenters. The van der Waals surface area contributed by atoms with E-state index >= 15 is 0 Å². The molecule has 0 unspecified atom stereocenters. The van der Waals surface area contributed by atoms with Crippen LogP contribution < -0.4 is 0 Å². The van der Waals surface area contributed by atoms with E-state index in [1.807, 2.05) is 6.08 Å². The number of nitro groups is 1. The van der Waals surface area contributed by atoms with Gasteiger partial charge in [-0.3, -0.25) is 19.6 Å². The molecule has 1 saturated carbocycles. The monoisotopic (exact) mass is 491 g/mol. The Morgan fingerprint density at radius 1 is 1.14 bits per heavy atom. The van der Waals surface area contributed by atoms with Crippen LogP contribution in [0.1, 0.15) is 53.8 Å². The molecule has 1 fully saturated rings. The smallest absolute Gasteiger partial charge is 0.265 e. The van der Waals surface area contributed by atoms with Crippen molar-refractivity contribution in [3.8, 4) is 0 Å². The summed E-state index contributed by atoms with van der Waals surface area (Å²) in [4.78, 5) is 24.7. The second kappa shape index (κ2) is 9.44. The van der Waals surface area contributed by atoms with Gasteiger partial charge in [0.1, 0.15) is 17.8 Å². The summed E-state index contributed by atoms with van der Waals surface area (Å²) in [5, 5.41) is 21.8. The van der Waals surface area contributed by atoms with Gasteiger partial charge in [0.25, 0.3) is 0 Å². The van der Waals surface area contributed by atoms with Crippen molar-refractivity contribution < 1.29 is 18.5 Å². The summed E-state index contributed by atoms with van der Waals surface area (Å²) >= 11 is 0. The van der Waals surface area contributed by atoms with E-state index in [4.69, 9.17) is 0 Å². The van der Waals surface area contributed by atoms with E-state index in [1.165, 1.54) is 40.2 Å². The van der Waals surface area contributed by atoms with Gasteiger partial charge in [-0.05, 0) is 73.2 Å². The number of aryl methyl sites for hydroxylation is 1. The molecule has 1 aliphatic heterocycles. The van der Waals surface area contributed by atoms with Gasteiger partial charge in [-0.1, -0.05) is 24.3 Å². The first-order valence-corrected chi connectivity index (χ1v) is 11.7. The van der Waals surface area contributed by atoms with Gasteiger partial charge in [-0.25, -0.2) is 13.8 Å². The number of aromatic nitrogens is 2. The van der Waals surface area contributed by atoms with Crippen LogP contribution in [0.25, 0.3) is 6.08 Å². The number of hydrazone groups is 1. The molecule has 184 valence electrons. The molecule has 0 radical (unpaired) electrons. The molecule has 0 spiro atoms. The van der Waals surface area contributed by atoms with E-state index in [0.29, 0.717) is 17.8 Å². The second-order valence-corrected chi connectivity index (χ2v) is 8.83. The molecule has 2 aliphatic rings. The first kappa shape index (κ1) is 23.5. The van der Waals surface area contributed by atoms with E-state index in [-0.39, 0.29) is 17.4 Å². The third kappa shape index (κ3) is 4.30. The number of hydrogen-bond donors (Lipinski definition) is 0. The van der Waals surface area contributed by atoms with Crippen molar-refractivity contribution in [1.29, 1.82) is 0 Å². The van der Waals surface area contributed by atoms with E-state index in [1.54, 1.807) is 31.2 Å². The average molecular weight is 491 g/mol. The minimum Gasteiger partial charge on any atom is -0.265 e. The molecule has 0 saturated heterocycles. The SMILES string of the molecule is CCn1cc([N+](=O)[O-])c(C(=O)N2N=C3/C(=C/c4ccc(F)cc4)CCC[C@H]3[C@H]2c2ccc(F)cc2)n1. The predicted molar refractivity (Wildman–Crippen MR) is 129 cm³/mol. The lowest BCUT2D eigenvalue weighted by Crippen LogP contribution is -2.32. The van der Waals surface area contributed by atoms with Gasteiger partial charge in [0.05, 0.1) is 16.7 Å². The van der Waals surface area contributed by atoms with Crippen LogP contribution in [0.4, 0.5) is 14.5 Å². The molecule has 10 heteroatoms. The summed E-state index contributed by atoms with van der Waals surface area (Å²) in [6.45, 7) is 2.13. The highest BCUT2D eigenvalue weighted by molar-refractivity contribution is 6.09. The zero-order valence-corrected chi connectivity index (χ0v) is 19.5. The fourth-order valence-electron chi connectivity index (χ4n) is 4.89. The molecule has 1 aromatic heterocycles. The minimum absolute atomic E-state index is 0.188. The van der Waals surface area contributed by atoms with Crippen molar-refractivity contribution in [2.45, 2.75) is 38.8 Å². The molecule has 36 heavy (non-hydrogen) atoms. The van der Waals surface area contributed by atoms with Gasteiger partial charge < -0.3 is 0 Å². The third-order valence-electron chi connectivity index (χ3n) is 6.60. The standard InChI is InChI=1S/C26H23F2N5O3/c1-2-31-15-22(33(35)36)24(29-31)26(34)32-25(17-8-12-20(28)13-9-17)21-5-3-4-18(23(21)30-32)14-16-6-10-19(27)11-7-16/h6-15,21,25H,2-5H2,1H3/b18-14+/t21-,25-/m1/s1. The predicted octanol–water partition coefficient (Wildman–Crippen LogP) is 5.53. The Bertz CT molecular complexity index is 1380. The maximum atomic E-state index is 13.7. The number of benzene rings is 2. The first-order chi connectivity index (χ1) is 17.4. The molecule has 1 aliphatic carbocycles. The molecule has 5 rings (SSSR count). The topological polar surface area (TPSA) is 93.6 Å². The Morgan fingerprint density at radius 2 is 1.81 bits per heavy atom. The largest absolute Gasteiger partial charge is 0.320 e. The molecule has 3 aromatic rings. The van der Waals surface area contributed by atoms with Crippen LogP contribution in [0, 0.1) is 27.7 Å². The highest BCUT2D eigenvalue weighted by Gasteiger charge is 2.45. The molecule has 0 bridgehead atoms. The number of amides is 1. The van der Waals surface area contributed by atoms with Crippen molar-refractivity contribution in [2.75, 3.05) is 0 Å². The molecule has 2 aromatic carbocycles. The fraction of sp³-hybridized carbons (Fsp3) is 0.269. The second-order valence-electron chi connectivity index (χ2n) is 8.83. The van der Waals surface area contributed by atoms with Gasteiger partial charge in [-0.15, -0.1) is 0 Å². The number of carbonyl (C=O) groups excluding carboxylic acids is 1. The number of fused-ring (bicyclic) bond motifs is 1. The lowest BCUT2D eigenvalue weighted by molar-refractivity contribution is -0.385. The number of rotatable bonds is 5. The minimum atomic E-state index is -0.689. The van der Waals surface area contributed by atoms with Crippen LogP contribution in [0.2, 0.25) is 0 Å². The zero-order chi connectivity index (χ0) is 25.4. The lowest BCUT2D eigenvalue weighted by Gasteiger charge is -2.29. The van der Waals surface area contributed by atoms with Crippen LogP contribution >= 0.6 is 0 Å². The van der Waals surface area contributed by atoms with E-state index < -0.39 is 28.4 Å². The van der Waals surface area contributed by atoms with Crippen molar-refractivity contribution in [3.05, 3.63) is 98.9 Å². The first-order valence-electron chi connectivity index (χ1n) is 11.7. The molecule has 8 nitrogen and oxygen atoms in total. The number of hydrogen-bond acceptors (Lipinski definition) is 5. The van der Waals surface area contributed by atoms with Gasteiger partial charge in [-0.2, -0.15) is 10.2 Å². The molecular formula is C26H23F2N5O3. The van der Waals surface area contributed by atoms with Gasteiger partial charge >= 0.3 is 11.6 Å². The Balaban J connectivity index is 1.60. The summed E-state index contributed by atoms with van der Waals surface area (Å²) in [5.41, 5.74) is 2.40. The maximum absolute atomic E-state index is 13.7. The Labute approximate surface area is 205 Å². The summed E-state index contributed by atoms with van der Waals surface area (Å²) in [6.07, 6.45) is 5.44. The molecule has 2 heterocycles. The van der Waals surface area contributed by atoms with E-state index in [9.17, 15) is 23.7 Å². The lowest BCUT2D eigenvalue weighted by atomic mass is 9.77. The maximum Gasteiger partial charge on any atom is 0.320 e. The molecule has 0 N–H and O–H groups in total. The van der Waals surface area contributed by atoms with Crippen molar-refractivity contribution in [1.82, 2.24) is 14.8 Å². The van der Waals surface area contributed by atoms with Gasteiger partial charge in [0.2, 0.25) is 5.69 Å². The molecular weight excluding hydrogens is 468 g/mol. The summed E-state index contributed by atoms with van der Waals surface area (Å²) in [6, 6.07) is 11.4. The zero-order valence-electron chi connectivity index (χ0n) is 19.5. The number of nitrogens with zero attached hydrogens (tertiary/aromatic N) is 5. The summed E-state index contributed by atoms with van der Waals surface area (Å²) < 4.78 is 28.4. The quantitative estimate of drug-likeness (QED) is 0.347. The summed E-state index contributed by atoms with van der Waals surface area (Å²) in [5.74, 6) is -1.62. The molecule has 1 amide bonds. The van der Waals surface area contributed by atoms with Crippen molar-refractivity contribution in [3.63, 3.8) is 0 Å². The Hall–Kier alpha value is -4.21.